The number of rotatable bonds is 5. The third kappa shape index (κ3) is 3.78. The predicted octanol–water partition coefficient (Wildman–Crippen LogP) is 2.86. The monoisotopic (exact) mass is 270 g/mol. The van der Waals surface area contributed by atoms with Crippen LogP contribution in [0.1, 0.15) is 29.4 Å². The Bertz CT molecular complexity index is 581. The number of anilines is 2. The number of carbonyl (C=O) groups is 1. The number of nitrogens with one attached hydrogen (secondary N) is 2. The molecule has 0 unspecified atom stereocenters. The summed E-state index contributed by atoms with van der Waals surface area (Å²) >= 11 is 0. The molecule has 1 aromatic heterocycles. The summed E-state index contributed by atoms with van der Waals surface area (Å²) in [4.78, 5) is 20.3. The van der Waals surface area contributed by atoms with E-state index in [1.807, 2.05) is 31.2 Å². The lowest BCUT2D eigenvalue weighted by Crippen LogP contribution is -2.14. The molecule has 0 aliphatic heterocycles. The van der Waals surface area contributed by atoms with Crippen LogP contribution in [-0.4, -0.2) is 22.4 Å². The summed E-state index contributed by atoms with van der Waals surface area (Å²) in [7, 11) is 0. The van der Waals surface area contributed by atoms with E-state index in [1.54, 1.807) is 6.20 Å². The molecule has 1 aromatic carbocycles. The molecule has 104 valence electrons. The van der Waals surface area contributed by atoms with E-state index >= 15 is 0 Å². The second-order valence-corrected chi connectivity index (χ2v) is 4.54. The average molecular weight is 270 g/mol. The smallest absolute Gasteiger partial charge is 0.275 e. The SMILES string of the molecule is CCCNc1cnc(C(=O)Nc2cccc(C)c2)cn1. The zero-order valence-corrected chi connectivity index (χ0v) is 11.7. The molecule has 0 bridgehead atoms. The maximum Gasteiger partial charge on any atom is 0.275 e. The third-order valence-electron chi connectivity index (χ3n) is 2.72. The van der Waals surface area contributed by atoms with Gasteiger partial charge in [-0.05, 0) is 31.0 Å². The van der Waals surface area contributed by atoms with Crippen LogP contribution in [0.2, 0.25) is 0 Å². The van der Waals surface area contributed by atoms with Crippen molar-refractivity contribution in [2.75, 3.05) is 17.2 Å². The molecule has 0 aliphatic carbocycles. The van der Waals surface area contributed by atoms with Crippen molar-refractivity contribution in [3.63, 3.8) is 0 Å². The summed E-state index contributed by atoms with van der Waals surface area (Å²) in [5.74, 6) is 0.420. The molecule has 0 atom stereocenters. The van der Waals surface area contributed by atoms with Crippen molar-refractivity contribution in [1.29, 1.82) is 0 Å². The van der Waals surface area contributed by atoms with E-state index in [4.69, 9.17) is 0 Å². The van der Waals surface area contributed by atoms with Crippen LogP contribution in [0.25, 0.3) is 0 Å². The largest absolute Gasteiger partial charge is 0.369 e. The van der Waals surface area contributed by atoms with E-state index in [0.29, 0.717) is 11.5 Å². The second kappa shape index (κ2) is 6.65. The highest BCUT2D eigenvalue weighted by Crippen LogP contribution is 2.11. The number of amides is 1. The van der Waals surface area contributed by atoms with Crippen LogP contribution in [0.15, 0.2) is 36.7 Å². The first-order valence-corrected chi connectivity index (χ1v) is 6.63. The molecule has 0 saturated carbocycles. The van der Waals surface area contributed by atoms with Crippen LogP contribution in [0.3, 0.4) is 0 Å². The molecule has 20 heavy (non-hydrogen) atoms. The van der Waals surface area contributed by atoms with Crippen LogP contribution >= 0.6 is 0 Å². The molecule has 0 radical (unpaired) electrons. The number of benzene rings is 1. The average Bonchev–Trinajstić information content (AvgIpc) is 2.45. The van der Waals surface area contributed by atoms with Gasteiger partial charge in [0.1, 0.15) is 11.5 Å². The molecule has 2 N–H and O–H groups in total. The van der Waals surface area contributed by atoms with Crippen LogP contribution < -0.4 is 10.6 Å². The van der Waals surface area contributed by atoms with Crippen LogP contribution in [0, 0.1) is 6.92 Å². The molecule has 1 amide bonds. The Morgan fingerprint density at radius 1 is 1.25 bits per heavy atom. The van der Waals surface area contributed by atoms with Crippen LogP contribution in [0.4, 0.5) is 11.5 Å². The van der Waals surface area contributed by atoms with Crippen molar-refractivity contribution in [2.24, 2.45) is 0 Å². The molecule has 1 heterocycles. The van der Waals surface area contributed by atoms with Gasteiger partial charge in [0.15, 0.2) is 0 Å². The topological polar surface area (TPSA) is 66.9 Å². The van der Waals surface area contributed by atoms with Crippen molar-refractivity contribution in [1.82, 2.24) is 9.97 Å². The summed E-state index contributed by atoms with van der Waals surface area (Å²) in [6.45, 7) is 4.89. The number of hydrogen-bond acceptors (Lipinski definition) is 4. The fraction of sp³-hybridized carbons (Fsp3) is 0.267. The molecule has 2 aromatic rings. The van der Waals surface area contributed by atoms with Gasteiger partial charge in [-0.1, -0.05) is 19.1 Å². The molecule has 0 fully saturated rings. The number of aryl methyl sites for hydroxylation is 1. The third-order valence-corrected chi connectivity index (χ3v) is 2.72. The summed E-state index contributed by atoms with van der Waals surface area (Å²) in [6, 6.07) is 7.62. The Morgan fingerprint density at radius 3 is 2.75 bits per heavy atom. The summed E-state index contributed by atoms with van der Waals surface area (Å²) in [5, 5.41) is 5.91. The van der Waals surface area contributed by atoms with Gasteiger partial charge in [-0.15, -0.1) is 0 Å². The zero-order chi connectivity index (χ0) is 14.4. The Morgan fingerprint density at radius 2 is 2.10 bits per heavy atom. The summed E-state index contributed by atoms with van der Waals surface area (Å²) < 4.78 is 0. The van der Waals surface area contributed by atoms with Gasteiger partial charge < -0.3 is 10.6 Å². The highest BCUT2D eigenvalue weighted by atomic mass is 16.1. The standard InChI is InChI=1S/C15H18N4O/c1-3-7-16-14-10-17-13(9-18-14)15(20)19-12-6-4-5-11(2)8-12/h4-6,8-10H,3,7H2,1-2H3,(H,16,18)(H,19,20). The minimum Gasteiger partial charge on any atom is -0.369 e. The van der Waals surface area contributed by atoms with Crippen molar-refractivity contribution in [3.05, 3.63) is 47.9 Å². The normalized spacial score (nSPS) is 10.1. The van der Waals surface area contributed by atoms with Gasteiger partial charge in [0.25, 0.3) is 5.91 Å². The van der Waals surface area contributed by atoms with Crippen LogP contribution in [0.5, 0.6) is 0 Å². The van der Waals surface area contributed by atoms with Gasteiger partial charge in [0.2, 0.25) is 0 Å². The first kappa shape index (κ1) is 14.0. The fourth-order valence-electron chi connectivity index (χ4n) is 1.71. The maximum atomic E-state index is 12.0. The Labute approximate surface area is 118 Å². The molecular formula is C15H18N4O. The molecular weight excluding hydrogens is 252 g/mol. The minimum absolute atomic E-state index is 0.259. The fourth-order valence-corrected chi connectivity index (χ4v) is 1.71. The summed E-state index contributed by atoms with van der Waals surface area (Å²) in [5.41, 5.74) is 2.14. The van der Waals surface area contributed by atoms with E-state index in [2.05, 4.69) is 27.5 Å². The molecule has 0 saturated heterocycles. The van der Waals surface area contributed by atoms with Crippen molar-refractivity contribution in [3.8, 4) is 0 Å². The highest BCUT2D eigenvalue weighted by Gasteiger charge is 2.08. The van der Waals surface area contributed by atoms with Gasteiger partial charge in [-0.3, -0.25) is 4.79 Å². The lowest BCUT2D eigenvalue weighted by atomic mass is 10.2. The Hall–Kier alpha value is -2.43. The van der Waals surface area contributed by atoms with Gasteiger partial charge in [0, 0.05) is 12.2 Å². The highest BCUT2D eigenvalue weighted by molar-refractivity contribution is 6.02. The van der Waals surface area contributed by atoms with E-state index in [9.17, 15) is 4.79 Å². The quantitative estimate of drug-likeness (QED) is 0.876. The lowest BCUT2D eigenvalue weighted by Gasteiger charge is -2.06. The first-order valence-electron chi connectivity index (χ1n) is 6.63. The molecule has 0 spiro atoms. The predicted molar refractivity (Wildman–Crippen MR) is 79.9 cm³/mol. The van der Waals surface area contributed by atoms with E-state index < -0.39 is 0 Å². The molecule has 0 aliphatic rings. The van der Waals surface area contributed by atoms with Gasteiger partial charge in [-0.2, -0.15) is 0 Å². The Balaban J connectivity index is 2.02. The maximum absolute atomic E-state index is 12.0. The molecule has 2 rings (SSSR count). The molecule has 5 heteroatoms. The molecule has 5 nitrogen and oxygen atoms in total. The van der Waals surface area contributed by atoms with Crippen molar-refractivity contribution in [2.45, 2.75) is 20.3 Å². The number of nitrogens with zero attached hydrogens (tertiary/aromatic N) is 2. The minimum atomic E-state index is -0.259. The first-order chi connectivity index (χ1) is 9.69. The van der Waals surface area contributed by atoms with E-state index in [-0.39, 0.29) is 5.91 Å². The number of aromatic nitrogens is 2. The van der Waals surface area contributed by atoms with E-state index in [0.717, 1.165) is 24.2 Å². The number of hydrogen-bond donors (Lipinski definition) is 2. The van der Waals surface area contributed by atoms with Crippen molar-refractivity contribution >= 4 is 17.4 Å². The summed E-state index contributed by atoms with van der Waals surface area (Å²) in [6.07, 6.45) is 4.06. The van der Waals surface area contributed by atoms with E-state index in [1.165, 1.54) is 6.20 Å². The Kier molecular flexibility index (Phi) is 4.65. The van der Waals surface area contributed by atoms with Gasteiger partial charge >= 0.3 is 0 Å². The lowest BCUT2D eigenvalue weighted by molar-refractivity contribution is 0.102. The van der Waals surface area contributed by atoms with Crippen LogP contribution in [-0.2, 0) is 0 Å². The second-order valence-electron chi connectivity index (χ2n) is 4.54. The zero-order valence-electron chi connectivity index (χ0n) is 11.7. The van der Waals surface area contributed by atoms with Crippen molar-refractivity contribution < 1.29 is 4.79 Å². The van der Waals surface area contributed by atoms with Gasteiger partial charge in [-0.25, -0.2) is 9.97 Å². The van der Waals surface area contributed by atoms with Gasteiger partial charge in [0.05, 0.1) is 12.4 Å². The number of carbonyl (C=O) groups excluding carboxylic acids is 1.